The van der Waals surface area contributed by atoms with Crippen LogP contribution in [0.15, 0.2) is 18.2 Å². The van der Waals surface area contributed by atoms with Crippen LogP contribution in [0.3, 0.4) is 0 Å². The van der Waals surface area contributed by atoms with Gasteiger partial charge >= 0.3 is 0 Å². The monoisotopic (exact) mass is 302 g/mol. The van der Waals surface area contributed by atoms with Crippen molar-refractivity contribution < 1.29 is 13.2 Å². The Bertz CT molecular complexity index is 601. The Morgan fingerprint density at radius 3 is 2.84 bits per heavy atom. The molecule has 1 aliphatic heterocycles. The summed E-state index contributed by atoms with van der Waals surface area (Å²) in [5, 5.41) is 6.37. The van der Waals surface area contributed by atoms with Gasteiger partial charge in [-0.3, -0.25) is 4.79 Å². The Morgan fingerprint density at radius 1 is 1.42 bits per heavy atom. The van der Waals surface area contributed by atoms with E-state index in [1.165, 1.54) is 6.26 Å². The molecule has 1 aliphatic rings. The fourth-order valence-electron chi connectivity index (χ4n) is 2.02. The minimum Gasteiger partial charge on any atom is -0.324 e. The second kappa shape index (κ2) is 5.48. The molecule has 0 radical (unpaired) electrons. The number of benzene rings is 1. The normalized spacial score (nSPS) is 18.2. The lowest BCUT2D eigenvalue weighted by molar-refractivity contribution is -0.117. The maximum absolute atomic E-state index is 11.8. The molecule has 7 heteroatoms. The first kappa shape index (κ1) is 14.3. The summed E-state index contributed by atoms with van der Waals surface area (Å²) in [4.78, 5) is 11.8. The zero-order valence-corrected chi connectivity index (χ0v) is 12.0. The Morgan fingerprint density at radius 2 is 2.16 bits per heavy atom. The van der Waals surface area contributed by atoms with Gasteiger partial charge in [-0.2, -0.15) is 0 Å². The highest BCUT2D eigenvalue weighted by Gasteiger charge is 2.29. The number of hydrogen-bond donors (Lipinski definition) is 2. The van der Waals surface area contributed by atoms with E-state index in [0.29, 0.717) is 18.0 Å². The number of nitrogens with one attached hydrogen (secondary N) is 2. The number of rotatable bonds is 5. The lowest BCUT2D eigenvalue weighted by atomic mass is 10.1. The lowest BCUT2D eigenvalue weighted by Crippen LogP contribution is -2.29. The summed E-state index contributed by atoms with van der Waals surface area (Å²) in [6, 6.07) is 4.75. The quantitative estimate of drug-likeness (QED) is 0.805. The van der Waals surface area contributed by atoms with E-state index < -0.39 is 15.9 Å². The first-order valence-corrected chi connectivity index (χ1v) is 8.32. The van der Waals surface area contributed by atoms with Gasteiger partial charge in [0.25, 0.3) is 0 Å². The molecule has 0 spiro atoms. The number of anilines is 1. The van der Waals surface area contributed by atoms with Crippen molar-refractivity contribution in [2.75, 3.05) is 23.9 Å². The van der Waals surface area contributed by atoms with Gasteiger partial charge in [-0.15, -0.1) is 0 Å². The SMILES string of the molecule is CS(=O)(=O)CCCNC1C(=O)Nc2ccc(Cl)cc21. The molecule has 0 saturated carbocycles. The summed E-state index contributed by atoms with van der Waals surface area (Å²) >= 11 is 5.91. The van der Waals surface area contributed by atoms with Gasteiger partial charge in [0.15, 0.2) is 0 Å². The second-order valence-corrected chi connectivity index (χ2v) is 7.29. The minimum absolute atomic E-state index is 0.108. The molecule has 5 nitrogen and oxygen atoms in total. The summed E-state index contributed by atoms with van der Waals surface area (Å²) in [5.74, 6) is -0.0341. The maximum Gasteiger partial charge on any atom is 0.246 e. The molecular weight excluding hydrogens is 288 g/mol. The first-order chi connectivity index (χ1) is 8.87. The fourth-order valence-corrected chi connectivity index (χ4v) is 2.87. The van der Waals surface area contributed by atoms with Crippen molar-refractivity contribution in [3.63, 3.8) is 0 Å². The van der Waals surface area contributed by atoms with E-state index in [0.717, 1.165) is 11.3 Å². The predicted octanol–water partition coefficient (Wildman–Crippen LogP) is 1.36. The summed E-state index contributed by atoms with van der Waals surface area (Å²) in [6.45, 7) is 0.455. The van der Waals surface area contributed by atoms with Crippen LogP contribution in [-0.2, 0) is 14.6 Å². The Balaban J connectivity index is 1.98. The van der Waals surface area contributed by atoms with Crippen molar-refractivity contribution >= 4 is 33.0 Å². The molecule has 0 aliphatic carbocycles. The molecule has 1 amide bonds. The molecule has 1 aromatic carbocycles. The molecule has 19 heavy (non-hydrogen) atoms. The van der Waals surface area contributed by atoms with E-state index in [2.05, 4.69) is 10.6 Å². The van der Waals surface area contributed by atoms with E-state index >= 15 is 0 Å². The van der Waals surface area contributed by atoms with Crippen LogP contribution < -0.4 is 10.6 Å². The Hall–Kier alpha value is -1.11. The highest BCUT2D eigenvalue weighted by molar-refractivity contribution is 7.90. The molecule has 2 rings (SSSR count). The zero-order valence-electron chi connectivity index (χ0n) is 10.4. The molecule has 0 fully saturated rings. The second-order valence-electron chi connectivity index (χ2n) is 4.59. The Labute approximate surface area is 117 Å². The molecule has 0 bridgehead atoms. The third-order valence-corrected chi connectivity index (χ3v) is 4.15. The average molecular weight is 303 g/mol. The highest BCUT2D eigenvalue weighted by Crippen LogP contribution is 2.32. The van der Waals surface area contributed by atoms with Crippen LogP contribution in [0.4, 0.5) is 5.69 Å². The molecule has 1 atom stereocenters. The van der Waals surface area contributed by atoms with Crippen molar-refractivity contribution in [2.24, 2.45) is 0 Å². The van der Waals surface area contributed by atoms with Crippen LogP contribution in [0.2, 0.25) is 5.02 Å². The number of amides is 1. The molecule has 104 valence electrons. The topological polar surface area (TPSA) is 75.3 Å². The average Bonchev–Trinajstić information content (AvgIpc) is 2.59. The third-order valence-electron chi connectivity index (χ3n) is 2.89. The van der Waals surface area contributed by atoms with Crippen molar-refractivity contribution in [2.45, 2.75) is 12.5 Å². The minimum atomic E-state index is -2.96. The van der Waals surface area contributed by atoms with Crippen molar-refractivity contribution in [3.8, 4) is 0 Å². The fraction of sp³-hybridized carbons (Fsp3) is 0.417. The predicted molar refractivity (Wildman–Crippen MR) is 75.2 cm³/mol. The smallest absolute Gasteiger partial charge is 0.246 e. The van der Waals surface area contributed by atoms with Crippen LogP contribution in [-0.4, -0.2) is 32.9 Å². The Kier molecular flexibility index (Phi) is 4.13. The van der Waals surface area contributed by atoms with E-state index in [-0.39, 0.29) is 11.7 Å². The van der Waals surface area contributed by atoms with E-state index in [9.17, 15) is 13.2 Å². The molecule has 1 unspecified atom stereocenters. The highest BCUT2D eigenvalue weighted by atomic mass is 35.5. The van der Waals surface area contributed by atoms with Crippen LogP contribution in [0, 0.1) is 0 Å². The van der Waals surface area contributed by atoms with Crippen molar-refractivity contribution in [1.29, 1.82) is 0 Å². The lowest BCUT2D eigenvalue weighted by Gasteiger charge is -2.11. The van der Waals surface area contributed by atoms with Crippen LogP contribution in [0.25, 0.3) is 0 Å². The maximum atomic E-state index is 11.8. The van der Waals surface area contributed by atoms with Gasteiger partial charge in [0.2, 0.25) is 5.91 Å². The number of hydrogen-bond acceptors (Lipinski definition) is 4. The molecule has 2 N–H and O–H groups in total. The van der Waals surface area contributed by atoms with Crippen LogP contribution in [0.1, 0.15) is 18.0 Å². The van der Waals surface area contributed by atoms with Crippen LogP contribution >= 0.6 is 11.6 Å². The van der Waals surface area contributed by atoms with E-state index in [4.69, 9.17) is 11.6 Å². The first-order valence-electron chi connectivity index (χ1n) is 5.88. The van der Waals surface area contributed by atoms with Gasteiger partial charge in [0.1, 0.15) is 15.9 Å². The summed E-state index contributed by atoms with van der Waals surface area (Å²) < 4.78 is 22.0. The largest absolute Gasteiger partial charge is 0.324 e. The van der Waals surface area contributed by atoms with Crippen molar-refractivity contribution in [1.82, 2.24) is 5.32 Å². The number of halogens is 1. The number of sulfone groups is 1. The number of carbonyl (C=O) groups excluding carboxylic acids is 1. The number of carbonyl (C=O) groups is 1. The van der Waals surface area contributed by atoms with Gasteiger partial charge in [0.05, 0.1) is 5.75 Å². The van der Waals surface area contributed by atoms with Gasteiger partial charge in [-0.1, -0.05) is 11.6 Å². The van der Waals surface area contributed by atoms with Gasteiger partial charge in [-0.05, 0) is 31.2 Å². The molecule has 1 aromatic rings. The third kappa shape index (κ3) is 3.68. The van der Waals surface area contributed by atoms with E-state index in [1.54, 1.807) is 18.2 Å². The van der Waals surface area contributed by atoms with Crippen molar-refractivity contribution in [3.05, 3.63) is 28.8 Å². The van der Waals surface area contributed by atoms with Gasteiger partial charge in [-0.25, -0.2) is 8.42 Å². The molecular formula is C12H15ClN2O3S. The summed E-state index contributed by atoms with van der Waals surface area (Å²) in [5.41, 5.74) is 1.55. The summed E-state index contributed by atoms with van der Waals surface area (Å²) in [7, 11) is -2.96. The van der Waals surface area contributed by atoms with Crippen LogP contribution in [0.5, 0.6) is 0 Å². The molecule has 0 saturated heterocycles. The van der Waals surface area contributed by atoms with E-state index in [1.807, 2.05) is 0 Å². The zero-order chi connectivity index (χ0) is 14.0. The molecule has 0 aromatic heterocycles. The van der Waals surface area contributed by atoms with Gasteiger partial charge in [0, 0.05) is 22.5 Å². The summed E-state index contributed by atoms with van der Waals surface area (Å²) in [6.07, 6.45) is 1.67. The van der Waals surface area contributed by atoms with Gasteiger partial charge < -0.3 is 10.6 Å². The molecule has 1 heterocycles. The number of fused-ring (bicyclic) bond motifs is 1. The standard InChI is InChI=1S/C12H15ClN2O3S/c1-19(17,18)6-2-5-14-11-9-7-8(13)3-4-10(9)15-12(11)16/h3-4,7,11,14H,2,5-6H2,1H3,(H,15,16).